The molecule has 26 heavy (non-hydrogen) atoms. The lowest BCUT2D eigenvalue weighted by Crippen LogP contribution is -2.42. The van der Waals surface area contributed by atoms with E-state index in [0.717, 1.165) is 5.56 Å². The Kier molecular flexibility index (Phi) is 4.71. The third-order valence-corrected chi connectivity index (χ3v) is 4.39. The summed E-state index contributed by atoms with van der Waals surface area (Å²) < 4.78 is 15.8. The van der Waals surface area contributed by atoms with Crippen molar-refractivity contribution in [1.82, 2.24) is 0 Å². The molecular formula is C19H19NO6. The molecule has 0 unspecified atom stereocenters. The van der Waals surface area contributed by atoms with Crippen LogP contribution in [-0.4, -0.2) is 44.4 Å². The van der Waals surface area contributed by atoms with Crippen molar-refractivity contribution in [1.29, 1.82) is 0 Å². The molecule has 0 saturated carbocycles. The molecule has 2 aromatic carbocycles. The van der Waals surface area contributed by atoms with Gasteiger partial charge in [0, 0.05) is 17.7 Å². The van der Waals surface area contributed by atoms with Crippen LogP contribution in [0.3, 0.4) is 0 Å². The fraction of sp³-hybridized carbons (Fsp3) is 0.263. The third-order valence-electron chi connectivity index (χ3n) is 4.39. The summed E-state index contributed by atoms with van der Waals surface area (Å²) in [6.07, 6.45) is 0.266. The van der Waals surface area contributed by atoms with Gasteiger partial charge in [-0.25, -0.2) is 4.79 Å². The van der Waals surface area contributed by atoms with Gasteiger partial charge in [0.15, 0.2) is 11.5 Å². The molecule has 1 aliphatic heterocycles. The lowest BCUT2D eigenvalue weighted by Gasteiger charge is -2.23. The molecule has 2 aromatic rings. The van der Waals surface area contributed by atoms with Crippen molar-refractivity contribution in [2.75, 3.05) is 26.2 Å². The van der Waals surface area contributed by atoms with Gasteiger partial charge in [-0.1, -0.05) is 18.2 Å². The summed E-state index contributed by atoms with van der Waals surface area (Å²) in [6.45, 7) is 0. The molecule has 0 spiro atoms. The molecule has 7 nitrogen and oxygen atoms in total. The van der Waals surface area contributed by atoms with E-state index in [0.29, 0.717) is 22.9 Å². The maximum absolute atomic E-state index is 13.2. The Bertz CT molecular complexity index is 838. The zero-order chi connectivity index (χ0) is 18.8. The first-order valence-electron chi connectivity index (χ1n) is 7.96. The number of fused-ring (bicyclic) bond motifs is 1. The number of para-hydroxylation sites is 1. The number of nitrogens with zero attached hydrogens (tertiary/aromatic N) is 1. The van der Waals surface area contributed by atoms with E-state index >= 15 is 0 Å². The first-order chi connectivity index (χ1) is 12.5. The van der Waals surface area contributed by atoms with Crippen LogP contribution >= 0.6 is 0 Å². The van der Waals surface area contributed by atoms with Crippen LogP contribution in [0.15, 0.2) is 36.4 Å². The lowest BCUT2D eigenvalue weighted by molar-refractivity contribution is -0.138. The number of carbonyl (C=O) groups is 2. The minimum absolute atomic E-state index is 0.252. The zero-order valence-electron chi connectivity index (χ0n) is 14.7. The van der Waals surface area contributed by atoms with E-state index in [1.54, 1.807) is 12.1 Å². The summed E-state index contributed by atoms with van der Waals surface area (Å²) in [5.74, 6) is -0.476. The van der Waals surface area contributed by atoms with E-state index in [1.165, 1.54) is 38.4 Å². The summed E-state index contributed by atoms with van der Waals surface area (Å²) in [4.78, 5) is 26.2. The number of benzene rings is 2. The summed E-state index contributed by atoms with van der Waals surface area (Å²) in [7, 11) is 4.38. The smallest absolute Gasteiger partial charge is 0.327 e. The van der Waals surface area contributed by atoms with E-state index in [2.05, 4.69) is 0 Å². The molecule has 3 rings (SSSR count). The van der Waals surface area contributed by atoms with E-state index in [9.17, 15) is 14.7 Å². The topological polar surface area (TPSA) is 85.3 Å². The number of anilines is 1. The fourth-order valence-electron chi connectivity index (χ4n) is 3.18. The van der Waals surface area contributed by atoms with Crippen molar-refractivity contribution in [3.05, 3.63) is 47.5 Å². The Labute approximate surface area is 150 Å². The highest BCUT2D eigenvalue weighted by Gasteiger charge is 2.39. The van der Waals surface area contributed by atoms with Gasteiger partial charge in [0.05, 0.1) is 21.3 Å². The second-order valence-corrected chi connectivity index (χ2v) is 5.78. The van der Waals surface area contributed by atoms with Crippen LogP contribution in [0.4, 0.5) is 5.69 Å². The number of rotatable bonds is 5. The number of carbonyl (C=O) groups excluding carboxylic acids is 1. The number of aliphatic carboxylic acids is 1. The Hall–Kier alpha value is -3.22. The molecule has 136 valence electrons. The second kappa shape index (κ2) is 6.95. The highest BCUT2D eigenvalue weighted by Crippen LogP contribution is 2.40. The average Bonchev–Trinajstić information content (AvgIpc) is 3.06. The largest absolute Gasteiger partial charge is 0.493 e. The number of hydrogen-bond donors (Lipinski definition) is 1. The van der Waals surface area contributed by atoms with Crippen molar-refractivity contribution < 1.29 is 28.9 Å². The van der Waals surface area contributed by atoms with Gasteiger partial charge in [0.2, 0.25) is 5.75 Å². The lowest BCUT2D eigenvalue weighted by atomic mass is 10.1. The molecule has 1 atom stereocenters. The van der Waals surface area contributed by atoms with Gasteiger partial charge < -0.3 is 19.3 Å². The van der Waals surface area contributed by atoms with Crippen molar-refractivity contribution in [2.24, 2.45) is 0 Å². The predicted molar refractivity (Wildman–Crippen MR) is 94.5 cm³/mol. The molecule has 1 aliphatic rings. The molecule has 0 bridgehead atoms. The fourth-order valence-corrected chi connectivity index (χ4v) is 3.18. The number of amides is 1. The first kappa shape index (κ1) is 17.6. The number of methoxy groups -OCH3 is 3. The monoisotopic (exact) mass is 357 g/mol. The minimum Gasteiger partial charge on any atom is -0.493 e. The van der Waals surface area contributed by atoms with E-state index in [4.69, 9.17) is 14.2 Å². The molecule has 1 N–H and O–H groups in total. The van der Waals surface area contributed by atoms with Crippen molar-refractivity contribution >= 4 is 17.6 Å². The molecule has 0 fully saturated rings. The normalized spacial score (nSPS) is 15.3. The van der Waals surface area contributed by atoms with Gasteiger partial charge in [-0.2, -0.15) is 0 Å². The quantitative estimate of drug-likeness (QED) is 0.884. The van der Waals surface area contributed by atoms with Gasteiger partial charge in [0.1, 0.15) is 6.04 Å². The van der Waals surface area contributed by atoms with Gasteiger partial charge >= 0.3 is 5.97 Å². The van der Waals surface area contributed by atoms with Gasteiger partial charge in [-0.15, -0.1) is 0 Å². The molecule has 0 saturated heterocycles. The number of ether oxygens (including phenoxy) is 3. The van der Waals surface area contributed by atoms with Gasteiger partial charge in [-0.3, -0.25) is 9.69 Å². The summed E-state index contributed by atoms with van der Waals surface area (Å²) in [5, 5.41) is 9.57. The Morgan fingerprint density at radius 1 is 1.04 bits per heavy atom. The van der Waals surface area contributed by atoms with Crippen LogP contribution < -0.4 is 19.1 Å². The molecule has 1 heterocycles. The van der Waals surface area contributed by atoms with Gasteiger partial charge in [-0.05, 0) is 23.8 Å². The van der Waals surface area contributed by atoms with Crippen LogP contribution in [0.2, 0.25) is 0 Å². The average molecular weight is 357 g/mol. The Morgan fingerprint density at radius 3 is 2.19 bits per heavy atom. The molecule has 1 amide bonds. The molecular weight excluding hydrogens is 338 g/mol. The van der Waals surface area contributed by atoms with Crippen molar-refractivity contribution in [3.8, 4) is 17.2 Å². The van der Waals surface area contributed by atoms with E-state index in [-0.39, 0.29) is 12.0 Å². The van der Waals surface area contributed by atoms with Crippen LogP contribution in [0, 0.1) is 0 Å². The van der Waals surface area contributed by atoms with Crippen LogP contribution in [0.5, 0.6) is 17.2 Å². The highest BCUT2D eigenvalue weighted by atomic mass is 16.5. The zero-order valence-corrected chi connectivity index (χ0v) is 14.7. The molecule has 0 aliphatic carbocycles. The predicted octanol–water partition coefficient (Wildman–Crippen LogP) is 2.37. The molecule has 0 radical (unpaired) electrons. The first-order valence-corrected chi connectivity index (χ1v) is 7.96. The summed E-state index contributed by atoms with van der Waals surface area (Å²) in [6, 6.07) is 9.25. The maximum Gasteiger partial charge on any atom is 0.327 e. The van der Waals surface area contributed by atoms with E-state index < -0.39 is 17.9 Å². The molecule has 7 heteroatoms. The Morgan fingerprint density at radius 2 is 1.65 bits per heavy atom. The highest BCUT2D eigenvalue weighted by molar-refractivity contribution is 6.11. The third kappa shape index (κ3) is 2.81. The minimum atomic E-state index is -1.05. The SMILES string of the molecule is COc1cc(C(=O)N2c3ccccc3C[C@H]2C(=O)O)cc(OC)c1OC. The maximum atomic E-state index is 13.2. The second-order valence-electron chi connectivity index (χ2n) is 5.78. The summed E-state index contributed by atoms with van der Waals surface area (Å²) in [5.41, 5.74) is 1.67. The van der Waals surface area contributed by atoms with Crippen LogP contribution in [0.25, 0.3) is 0 Å². The number of carboxylic acid groups (broad SMARTS) is 1. The Balaban J connectivity index is 2.09. The standard InChI is InChI=1S/C19H19NO6/c1-24-15-9-12(10-16(25-2)17(15)26-3)18(21)20-13-7-5-4-6-11(13)8-14(20)19(22)23/h4-7,9-10,14H,8H2,1-3H3,(H,22,23)/t14-/m0/s1. The van der Waals surface area contributed by atoms with Crippen molar-refractivity contribution in [2.45, 2.75) is 12.5 Å². The van der Waals surface area contributed by atoms with Gasteiger partial charge in [0.25, 0.3) is 5.91 Å². The van der Waals surface area contributed by atoms with E-state index in [1.807, 2.05) is 12.1 Å². The number of hydrogen-bond acceptors (Lipinski definition) is 5. The molecule has 0 aromatic heterocycles. The van der Waals surface area contributed by atoms with Crippen molar-refractivity contribution in [3.63, 3.8) is 0 Å². The number of carboxylic acids is 1. The van der Waals surface area contributed by atoms with Crippen LogP contribution in [0.1, 0.15) is 15.9 Å². The van der Waals surface area contributed by atoms with Crippen LogP contribution in [-0.2, 0) is 11.2 Å². The summed E-state index contributed by atoms with van der Waals surface area (Å²) >= 11 is 0.